The molecule has 4 rings (SSSR count). The van der Waals surface area contributed by atoms with Crippen LogP contribution in [-0.2, 0) is 16.4 Å². The quantitative estimate of drug-likeness (QED) is 0.489. The Morgan fingerprint density at radius 1 is 1.03 bits per heavy atom. The molecule has 0 aliphatic rings. The molecule has 3 heterocycles. The van der Waals surface area contributed by atoms with Gasteiger partial charge in [-0.3, -0.25) is 9.78 Å². The first-order valence-electron chi connectivity index (χ1n) is 9.32. The van der Waals surface area contributed by atoms with Gasteiger partial charge in [0.1, 0.15) is 5.69 Å². The molecule has 0 saturated carbocycles. The van der Waals surface area contributed by atoms with Gasteiger partial charge in [0, 0.05) is 42.5 Å². The van der Waals surface area contributed by atoms with Crippen molar-refractivity contribution < 1.29 is 8.42 Å². The van der Waals surface area contributed by atoms with E-state index in [9.17, 15) is 18.0 Å². The molecule has 2 N–H and O–H groups in total. The molecule has 31 heavy (non-hydrogen) atoms. The number of hydrogen-bond acceptors (Lipinski definition) is 6. The maximum Gasteiger partial charge on any atom is 0.325 e. The molecule has 0 fully saturated rings. The van der Waals surface area contributed by atoms with E-state index in [0.29, 0.717) is 17.9 Å². The maximum absolute atomic E-state index is 12.1. The summed E-state index contributed by atoms with van der Waals surface area (Å²) in [5.74, 6) is 0. The van der Waals surface area contributed by atoms with Gasteiger partial charge in [0.15, 0.2) is 9.84 Å². The minimum Gasteiger partial charge on any atom is -0.349 e. The van der Waals surface area contributed by atoms with Crippen LogP contribution in [0.1, 0.15) is 11.3 Å². The molecule has 0 radical (unpaired) electrons. The fraction of sp³-hybridized carbons (Fsp3) is 0.143. The van der Waals surface area contributed by atoms with Crippen LogP contribution in [-0.4, -0.2) is 39.4 Å². The second-order valence-corrected chi connectivity index (χ2v) is 9.22. The lowest BCUT2D eigenvalue weighted by Gasteiger charge is -2.06. The van der Waals surface area contributed by atoms with Crippen LogP contribution in [0.25, 0.3) is 22.4 Å². The zero-order valence-electron chi connectivity index (χ0n) is 16.8. The number of nitrogens with one attached hydrogen (secondary N) is 2. The highest BCUT2D eigenvalue weighted by Crippen LogP contribution is 2.25. The lowest BCUT2D eigenvalue weighted by molar-refractivity contribution is 0.602. The van der Waals surface area contributed by atoms with E-state index in [-0.39, 0.29) is 10.5 Å². The topological polar surface area (TPSA) is 131 Å². The Labute approximate surface area is 177 Å². The minimum atomic E-state index is -3.23. The van der Waals surface area contributed by atoms with Crippen LogP contribution in [0.5, 0.6) is 0 Å². The number of aromatic nitrogens is 5. The smallest absolute Gasteiger partial charge is 0.325 e. The predicted molar refractivity (Wildman–Crippen MR) is 116 cm³/mol. The Morgan fingerprint density at radius 2 is 1.77 bits per heavy atom. The second-order valence-electron chi connectivity index (χ2n) is 7.20. The van der Waals surface area contributed by atoms with Gasteiger partial charge in [-0.2, -0.15) is 5.10 Å². The van der Waals surface area contributed by atoms with Crippen molar-refractivity contribution >= 4 is 9.84 Å². The molecule has 0 saturated heterocycles. The molecule has 0 unspecified atom stereocenters. The lowest BCUT2D eigenvalue weighted by atomic mass is 10.1. The van der Waals surface area contributed by atoms with Crippen LogP contribution in [0.2, 0.25) is 0 Å². The van der Waals surface area contributed by atoms with Gasteiger partial charge in [0.05, 0.1) is 16.2 Å². The molecular formula is C21H19N5O4S. The predicted octanol–water partition coefficient (Wildman–Crippen LogP) is 1.75. The molecule has 0 aliphatic heterocycles. The Kier molecular flexibility index (Phi) is 5.15. The highest BCUT2D eigenvalue weighted by atomic mass is 32.2. The molecule has 9 nitrogen and oxygen atoms in total. The number of aryl methyl sites for hydroxylation is 1. The third kappa shape index (κ3) is 4.38. The molecule has 0 bridgehead atoms. The number of sulfone groups is 1. The zero-order chi connectivity index (χ0) is 22.2. The van der Waals surface area contributed by atoms with E-state index in [2.05, 4.69) is 20.2 Å². The lowest BCUT2D eigenvalue weighted by Crippen LogP contribution is -2.22. The summed E-state index contributed by atoms with van der Waals surface area (Å²) in [4.78, 5) is 28.2. The zero-order valence-corrected chi connectivity index (χ0v) is 17.6. The summed E-state index contributed by atoms with van der Waals surface area (Å²) >= 11 is 0. The highest BCUT2D eigenvalue weighted by molar-refractivity contribution is 7.90. The number of H-pyrrole nitrogens is 2. The van der Waals surface area contributed by atoms with Crippen LogP contribution in [0, 0.1) is 6.92 Å². The Hall–Kier alpha value is -3.79. The van der Waals surface area contributed by atoms with Crippen LogP contribution in [0.15, 0.2) is 69.5 Å². The van der Waals surface area contributed by atoms with Crippen LogP contribution >= 0.6 is 0 Å². The van der Waals surface area contributed by atoms with Gasteiger partial charge in [-0.05, 0) is 36.8 Å². The van der Waals surface area contributed by atoms with Crippen molar-refractivity contribution in [2.75, 3.05) is 6.26 Å². The molecule has 4 aromatic rings. The average molecular weight is 437 g/mol. The van der Waals surface area contributed by atoms with Crippen molar-refractivity contribution in [3.8, 4) is 22.4 Å². The summed E-state index contributed by atoms with van der Waals surface area (Å²) < 4.78 is 25.2. The number of hydrogen-bond donors (Lipinski definition) is 2. The Balaban J connectivity index is 1.63. The van der Waals surface area contributed by atoms with Crippen molar-refractivity contribution in [2.45, 2.75) is 18.4 Å². The van der Waals surface area contributed by atoms with Crippen molar-refractivity contribution in [3.63, 3.8) is 0 Å². The summed E-state index contributed by atoms with van der Waals surface area (Å²) in [5.41, 5.74) is 2.79. The fourth-order valence-electron chi connectivity index (χ4n) is 3.23. The van der Waals surface area contributed by atoms with Crippen molar-refractivity contribution in [1.29, 1.82) is 0 Å². The van der Waals surface area contributed by atoms with Gasteiger partial charge in [-0.25, -0.2) is 13.2 Å². The average Bonchev–Trinajstić information content (AvgIpc) is 3.16. The SMILES string of the molecule is Cc1nnc(-c2c[nH]c(=O)[nH]c2=O)cc1-c1ccn(Cc2ccc(S(C)(=O)=O)cc2)c1. The Bertz CT molecular complexity index is 1480. The van der Waals surface area contributed by atoms with Crippen molar-refractivity contribution in [3.05, 3.63) is 87.1 Å². The fourth-order valence-corrected chi connectivity index (χ4v) is 3.86. The Morgan fingerprint density at radius 3 is 2.45 bits per heavy atom. The summed E-state index contributed by atoms with van der Waals surface area (Å²) in [6.07, 6.45) is 6.34. The first-order chi connectivity index (χ1) is 14.7. The summed E-state index contributed by atoms with van der Waals surface area (Å²) in [6, 6.07) is 10.5. The number of nitrogens with zero attached hydrogens (tertiary/aromatic N) is 3. The third-order valence-electron chi connectivity index (χ3n) is 4.85. The molecule has 1 aromatic carbocycles. The van der Waals surface area contributed by atoms with E-state index in [4.69, 9.17) is 0 Å². The highest BCUT2D eigenvalue weighted by Gasteiger charge is 2.12. The molecular weight excluding hydrogens is 418 g/mol. The number of aromatic amines is 2. The van der Waals surface area contributed by atoms with Crippen molar-refractivity contribution in [1.82, 2.24) is 24.7 Å². The van der Waals surface area contributed by atoms with Crippen LogP contribution in [0.4, 0.5) is 0 Å². The molecule has 0 amide bonds. The largest absolute Gasteiger partial charge is 0.349 e. The van der Waals surface area contributed by atoms with E-state index < -0.39 is 21.1 Å². The van der Waals surface area contributed by atoms with Crippen LogP contribution < -0.4 is 11.2 Å². The first-order valence-corrected chi connectivity index (χ1v) is 11.2. The normalized spacial score (nSPS) is 11.5. The van der Waals surface area contributed by atoms with Crippen molar-refractivity contribution in [2.24, 2.45) is 0 Å². The van der Waals surface area contributed by atoms with E-state index in [0.717, 1.165) is 16.7 Å². The molecule has 158 valence electrons. The molecule has 3 aromatic heterocycles. The van der Waals surface area contributed by atoms with E-state index in [1.807, 2.05) is 30.0 Å². The van der Waals surface area contributed by atoms with E-state index in [1.54, 1.807) is 30.3 Å². The molecule has 0 spiro atoms. The van der Waals surface area contributed by atoms with Gasteiger partial charge in [0.2, 0.25) is 0 Å². The summed E-state index contributed by atoms with van der Waals surface area (Å²) in [6.45, 7) is 2.39. The van der Waals surface area contributed by atoms with Gasteiger partial charge >= 0.3 is 5.69 Å². The van der Waals surface area contributed by atoms with Crippen LogP contribution in [0.3, 0.4) is 0 Å². The minimum absolute atomic E-state index is 0.221. The molecule has 10 heteroatoms. The van der Waals surface area contributed by atoms with E-state index >= 15 is 0 Å². The van der Waals surface area contributed by atoms with Gasteiger partial charge in [0.25, 0.3) is 5.56 Å². The van der Waals surface area contributed by atoms with Gasteiger partial charge in [-0.15, -0.1) is 5.10 Å². The van der Waals surface area contributed by atoms with E-state index in [1.165, 1.54) is 12.5 Å². The number of benzene rings is 1. The van der Waals surface area contributed by atoms with Gasteiger partial charge in [-0.1, -0.05) is 12.1 Å². The molecule has 0 atom stereocenters. The summed E-state index contributed by atoms with van der Waals surface area (Å²) in [7, 11) is -3.23. The maximum atomic E-state index is 12.1. The first kappa shape index (κ1) is 20.5. The molecule has 0 aliphatic carbocycles. The van der Waals surface area contributed by atoms with Gasteiger partial charge < -0.3 is 9.55 Å². The second kappa shape index (κ2) is 7.80. The third-order valence-corrected chi connectivity index (χ3v) is 5.98. The standard InChI is InChI=1S/C21H19N5O4S/c1-13-17(9-19(25-24-13)18-10-22-21(28)23-20(18)27)15-7-8-26(12-15)11-14-3-5-16(6-4-14)31(2,29)30/h3-10,12H,11H2,1-2H3,(H2,22,23,27,28). The monoisotopic (exact) mass is 437 g/mol. The summed E-state index contributed by atoms with van der Waals surface area (Å²) in [5, 5.41) is 8.24. The number of rotatable bonds is 5.